The van der Waals surface area contributed by atoms with Gasteiger partial charge >= 0.3 is 0 Å². The fourth-order valence-corrected chi connectivity index (χ4v) is 1.67. The van der Waals surface area contributed by atoms with Crippen molar-refractivity contribution in [2.24, 2.45) is 0 Å². The maximum absolute atomic E-state index is 8.94. The van der Waals surface area contributed by atoms with Crippen LogP contribution < -0.4 is 4.90 Å². The lowest BCUT2D eigenvalue weighted by atomic mass is 10.1. The van der Waals surface area contributed by atoms with Crippen molar-refractivity contribution in [3.8, 4) is 6.07 Å². The summed E-state index contributed by atoms with van der Waals surface area (Å²) >= 11 is 0. The first-order chi connectivity index (χ1) is 7.72. The normalized spacial score (nSPS) is 9.88. The average Bonchev–Trinajstić information content (AvgIpc) is 2.29. The fraction of sp³-hybridized carbons (Fsp3) is 0.417. The number of hydrogen-bond donors (Lipinski definition) is 2. The highest BCUT2D eigenvalue weighted by Gasteiger charge is 2.08. The Labute approximate surface area is 95.4 Å². The van der Waals surface area contributed by atoms with Crippen molar-refractivity contribution in [1.29, 1.82) is 5.26 Å². The third kappa shape index (κ3) is 2.96. The molecule has 0 radical (unpaired) electrons. The van der Waals surface area contributed by atoms with Crippen LogP contribution in [0.2, 0.25) is 0 Å². The molecule has 0 atom stereocenters. The number of aliphatic hydroxyl groups excluding tert-OH is 2. The van der Waals surface area contributed by atoms with Gasteiger partial charge in [0.2, 0.25) is 0 Å². The molecule has 0 bridgehead atoms. The molecule has 0 heterocycles. The Morgan fingerprint density at radius 3 is 2.31 bits per heavy atom. The molecular weight excluding hydrogens is 204 g/mol. The summed E-state index contributed by atoms with van der Waals surface area (Å²) in [5, 5.41) is 26.6. The number of nitrogens with zero attached hydrogens (tertiary/aromatic N) is 2. The van der Waals surface area contributed by atoms with Crippen molar-refractivity contribution < 1.29 is 10.2 Å². The van der Waals surface area contributed by atoms with Gasteiger partial charge in [0.25, 0.3) is 0 Å². The topological polar surface area (TPSA) is 67.5 Å². The number of benzene rings is 1. The zero-order chi connectivity index (χ0) is 12.0. The van der Waals surface area contributed by atoms with E-state index < -0.39 is 0 Å². The molecule has 4 heteroatoms. The van der Waals surface area contributed by atoms with E-state index in [9.17, 15) is 0 Å². The van der Waals surface area contributed by atoms with Crippen molar-refractivity contribution in [3.63, 3.8) is 0 Å². The van der Waals surface area contributed by atoms with Crippen molar-refractivity contribution in [3.05, 3.63) is 29.3 Å². The smallest absolute Gasteiger partial charge is 0.0991 e. The number of anilines is 1. The molecule has 1 rings (SSSR count). The van der Waals surface area contributed by atoms with Gasteiger partial charge in [-0.2, -0.15) is 5.26 Å². The van der Waals surface area contributed by atoms with Crippen molar-refractivity contribution in [2.45, 2.75) is 6.92 Å². The van der Waals surface area contributed by atoms with Gasteiger partial charge in [-0.25, -0.2) is 0 Å². The summed E-state index contributed by atoms with van der Waals surface area (Å²) in [6, 6.07) is 7.47. The molecule has 0 saturated carbocycles. The molecule has 0 aliphatic rings. The maximum Gasteiger partial charge on any atom is 0.0991 e. The first-order valence-corrected chi connectivity index (χ1v) is 5.20. The molecule has 16 heavy (non-hydrogen) atoms. The molecule has 0 aliphatic carbocycles. The van der Waals surface area contributed by atoms with E-state index in [-0.39, 0.29) is 13.2 Å². The maximum atomic E-state index is 8.94. The second kappa shape index (κ2) is 6.11. The number of aliphatic hydroxyl groups is 2. The largest absolute Gasteiger partial charge is 0.395 e. The van der Waals surface area contributed by atoms with Crippen LogP contribution in [-0.2, 0) is 0 Å². The molecule has 0 unspecified atom stereocenters. The van der Waals surface area contributed by atoms with Crippen LogP contribution in [0.5, 0.6) is 0 Å². The quantitative estimate of drug-likeness (QED) is 0.765. The van der Waals surface area contributed by atoms with Gasteiger partial charge in [-0.05, 0) is 30.7 Å². The minimum atomic E-state index is 0.0411. The van der Waals surface area contributed by atoms with E-state index in [0.717, 1.165) is 11.3 Å². The van der Waals surface area contributed by atoms with Crippen LogP contribution in [0.25, 0.3) is 0 Å². The molecule has 0 fully saturated rings. The molecule has 4 nitrogen and oxygen atoms in total. The molecule has 1 aromatic carbocycles. The molecule has 0 aromatic heterocycles. The molecule has 86 valence electrons. The van der Waals surface area contributed by atoms with E-state index in [1.165, 1.54) is 0 Å². The van der Waals surface area contributed by atoms with Gasteiger partial charge in [-0.15, -0.1) is 0 Å². The molecule has 2 N–H and O–H groups in total. The Kier molecular flexibility index (Phi) is 4.77. The Morgan fingerprint density at radius 2 is 1.88 bits per heavy atom. The average molecular weight is 220 g/mol. The SMILES string of the molecule is Cc1cc(C#N)ccc1N(CCO)CCO. The lowest BCUT2D eigenvalue weighted by Crippen LogP contribution is -2.30. The van der Waals surface area contributed by atoms with Gasteiger partial charge in [0.15, 0.2) is 0 Å². The number of aryl methyl sites for hydroxylation is 1. The van der Waals surface area contributed by atoms with E-state index in [1.54, 1.807) is 12.1 Å². The van der Waals surface area contributed by atoms with E-state index in [1.807, 2.05) is 17.9 Å². The minimum Gasteiger partial charge on any atom is -0.395 e. The Bertz CT molecular complexity index is 379. The number of nitriles is 1. The first kappa shape index (κ1) is 12.5. The standard InChI is InChI=1S/C12H16N2O2/c1-10-8-11(9-13)2-3-12(10)14(4-6-15)5-7-16/h2-3,8,15-16H,4-7H2,1H3. The molecule has 0 spiro atoms. The van der Waals surface area contributed by atoms with Crippen LogP contribution in [-0.4, -0.2) is 36.5 Å². The van der Waals surface area contributed by atoms with Gasteiger partial charge in [-0.1, -0.05) is 0 Å². The van der Waals surface area contributed by atoms with Gasteiger partial charge in [0, 0.05) is 18.8 Å². The van der Waals surface area contributed by atoms with E-state index in [2.05, 4.69) is 6.07 Å². The van der Waals surface area contributed by atoms with Gasteiger partial charge in [0.05, 0.1) is 24.8 Å². The monoisotopic (exact) mass is 220 g/mol. The summed E-state index contributed by atoms with van der Waals surface area (Å²) in [7, 11) is 0. The Hall–Kier alpha value is -1.57. The van der Waals surface area contributed by atoms with Crippen molar-refractivity contribution in [2.75, 3.05) is 31.2 Å². The molecular formula is C12H16N2O2. The lowest BCUT2D eigenvalue weighted by Gasteiger charge is -2.24. The summed E-state index contributed by atoms with van der Waals surface area (Å²) in [5.41, 5.74) is 2.54. The van der Waals surface area contributed by atoms with Crippen molar-refractivity contribution in [1.82, 2.24) is 0 Å². The van der Waals surface area contributed by atoms with Crippen molar-refractivity contribution >= 4 is 5.69 Å². The second-order valence-electron chi connectivity index (χ2n) is 3.55. The van der Waals surface area contributed by atoms with Crippen LogP contribution in [0, 0.1) is 18.3 Å². The first-order valence-electron chi connectivity index (χ1n) is 5.20. The minimum absolute atomic E-state index is 0.0411. The summed E-state index contributed by atoms with van der Waals surface area (Å²) < 4.78 is 0. The summed E-state index contributed by atoms with van der Waals surface area (Å²) in [5.74, 6) is 0. The van der Waals surface area contributed by atoms with E-state index in [0.29, 0.717) is 18.7 Å². The Morgan fingerprint density at radius 1 is 1.25 bits per heavy atom. The molecule has 0 aliphatic heterocycles. The summed E-state index contributed by atoms with van der Waals surface area (Å²) in [6.07, 6.45) is 0. The zero-order valence-corrected chi connectivity index (χ0v) is 9.35. The predicted molar refractivity (Wildman–Crippen MR) is 62.3 cm³/mol. The molecule has 0 saturated heterocycles. The third-order valence-electron chi connectivity index (χ3n) is 2.41. The summed E-state index contributed by atoms with van der Waals surface area (Å²) in [6.45, 7) is 2.96. The Balaban J connectivity index is 2.96. The van der Waals surface area contributed by atoms with Gasteiger partial charge in [0.1, 0.15) is 0 Å². The van der Waals surface area contributed by atoms with Crippen LogP contribution in [0.1, 0.15) is 11.1 Å². The predicted octanol–water partition coefficient (Wildman–Crippen LogP) is 0.658. The highest BCUT2D eigenvalue weighted by Crippen LogP contribution is 2.20. The second-order valence-corrected chi connectivity index (χ2v) is 3.55. The number of hydrogen-bond acceptors (Lipinski definition) is 4. The van der Waals surface area contributed by atoms with Crippen LogP contribution in [0.4, 0.5) is 5.69 Å². The molecule has 1 aromatic rings. The lowest BCUT2D eigenvalue weighted by molar-refractivity contribution is 0.281. The van der Waals surface area contributed by atoms with Crippen LogP contribution >= 0.6 is 0 Å². The van der Waals surface area contributed by atoms with Gasteiger partial charge in [-0.3, -0.25) is 0 Å². The third-order valence-corrected chi connectivity index (χ3v) is 2.41. The molecule has 0 amide bonds. The fourth-order valence-electron chi connectivity index (χ4n) is 1.67. The number of rotatable bonds is 5. The van der Waals surface area contributed by atoms with Crippen LogP contribution in [0.15, 0.2) is 18.2 Å². The van der Waals surface area contributed by atoms with Crippen LogP contribution in [0.3, 0.4) is 0 Å². The summed E-state index contributed by atoms with van der Waals surface area (Å²) in [4.78, 5) is 1.90. The van der Waals surface area contributed by atoms with Gasteiger partial charge < -0.3 is 15.1 Å². The highest BCUT2D eigenvalue weighted by atomic mass is 16.3. The zero-order valence-electron chi connectivity index (χ0n) is 9.35. The highest BCUT2D eigenvalue weighted by molar-refractivity contribution is 5.56. The van der Waals surface area contributed by atoms with E-state index in [4.69, 9.17) is 15.5 Å². The van der Waals surface area contributed by atoms with E-state index >= 15 is 0 Å².